The molecule has 2 heteroatoms. The summed E-state index contributed by atoms with van der Waals surface area (Å²) in [7, 11) is 0. The highest BCUT2D eigenvalue weighted by Crippen LogP contribution is 2.20. The van der Waals surface area contributed by atoms with Crippen molar-refractivity contribution in [2.75, 3.05) is 6.61 Å². The summed E-state index contributed by atoms with van der Waals surface area (Å²) in [5, 5.41) is 0. The van der Waals surface area contributed by atoms with Crippen LogP contribution in [-0.4, -0.2) is 12.6 Å². The molecule has 0 amide bonds. The zero-order valence-corrected chi connectivity index (χ0v) is 7.14. The van der Waals surface area contributed by atoms with Gasteiger partial charge in [-0.25, -0.2) is 4.79 Å². The van der Waals surface area contributed by atoms with E-state index in [-0.39, 0.29) is 5.97 Å². The quantitative estimate of drug-likeness (QED) is 0.581. The second-order valence-electron chi connectivity index (χ2n) is 2.94. The van der Waals surface area contributed by atoms with Crippen molar-refractivity contribution in [2.24, 2.45) is 0 Å². The molecule has 0 saturated heterocycles. The number of hydrogen-bond donors (Lipinski definition) is 0. The average molecular weight is 154 g/mol. The first-order valence-corrected chi connectivity index (χ1v) is 4.11. The number of cyclic esters (lactones) is 1. The van der Waals surface area contributed by atoms with Crippen LogP contribution >= 0.6 is 0 Å². The summed E-state index contributed by atoms with van der Waals surface area (Å²) in [5.74, 6) is -0.101. The molecular weight excluding hydrogens is 140 g/mol. The first-order valence-electron chi connectivity index (χ1n) is 4.11. The monoisotopic (exact) mass is 154 g/mol. The average Bonchev–Trinajstić information content (AvgIpc) is 2.29. The van der Waals surface area contributed by atoms with Crippen LogP contribution in [0.15, 0.2) is 11.1 Å². The standard InChI is InChI=1S/C9H14O2/c1-3-4-5-8-7(2)6-11-9(8)10/h3-6H2,1-2H3. The van der Waals surface area contributed by atoms with Gasteiger partial charge in [0, 0.05) is 5.57 Å². The molecule has 0 radical (unpaired) electrons. The van der Waals surface area contributed by atoms with E-state index in [1.165, 1.54) is 0 Å². The number of rotatable bonds is 3. The van der Waals surface area contributed by atoms with Gasteiger partial charge in [-0.1, -0.05) is 13.3 Å². The maximum Gasteiger partial charge on any atom is 0.334 e. The van der Waals surface area contributed by atoms with Crippen LogP contribution in [0.3, 0.4) is 0 Å². The molecule has 0 aromatic carbocycles. The number of hydrogen-bond acceptors (Lipinski definition) is 2. The fourth-order valence-electron chi connectivity index (χ4n) is 1.19. The van der Waals surface area contributed by atoms with Crippen molar-refractivity contribution < 1.29 is 9.53 Å². The predicted molar refractivity (Wildman–Crippen MR) is 43.2 cm³/mol. The third-order valence-electron chi connectivity index (χ3n) is 1.96. The first kappa shape index (κ1) is 8.31. The number of esters is 1. The Labute approximate surface area is 67.2 Å². The lowest BCUT2D eigenvalue weighted by molar-refractivity contribution is -0.136. The van der Waals surface area contributed by atoms with Crippen LogP contribution < -0.4 is 0 Å². The molecule has 2 nitrogen and oxygen atoms in total. The smallest absolute Gasteiger partial charge is 0.334 e. The molecular formula is C9H14O2. The Morgan fingerprint density at radius 2 is 2.27 bits per heavy atom. The van der Waals surface area contributed by atoms with E-state index < -0.39 is 0 Å². The van der Waals surface area contributed by atoms with Crippen molar-refractivity contribution in [1.29, 1.82) is 0 Å². The molecule has 1 heterocycles. The lowest BCUT2D eigenvalue weighted by Crippen LogP contribution is -1.98. The van der Waals surface area contributed by atoms with E-state index in [0.29, 0.717) is 6.61 Å². The van der Waals surface area contributed by atoms with Crippen LogP contribution in [0.5, 0.6) is 0 Å². The predicted octanol–water partition coefficient (Wildman–Crippen LogP) is 2.05. The van der Waals surface area contributed by atoms with Gasteiger partial charge in [-0.3, -0.25) is 0 Å². The third-order valence-corrected chi connectivity index (χ3v) is 1.96. The Morgan fingerprint density at radius 3 is 2.73 bits per heavy atom. The fraction of sp³-hybridized carbons (Fsp3) is 0.667. The lowest BCUT2D eigenvalue weighted by Gasteiger charge is -1.96. The highest BCUT2D eigenvalue weighted by atomic mass is 16.5. The molecule has 0 atom stereocenters. The summed E-state index contributed by atoms with van der Waals surface area (Å²) in [6, 6.07) is 0. The van der Waals surface area contributed by atoms with Gasteiger partial charge in [0.2, 0.25) is 0 Å². The fourth-order valence-corrected chi connectivity index (χ4v) is 1.19. The molecule has 62 valence electrons. The number of ether oxygens (including phenoxy) is 1. The summed E-state index contributed by atoms with van der Waals surface area (Å²) in [6.07, 6.45) is 3.10. The minimum atomic E-state index is -0.101. The van der Waals surface area contributed by atoms with Crippen molar-refractivity contribution in [3.05, 3.63) is 11.1 Å². The van der Waals surface area contributed by atoms with Crippen molar-refractivity contribution >= 4 is 5.97 Å². The molecule has 1 aliphatic rings. The van der Waals surface area contributed by atoms with Crippen molar-refractivity contribution in [3.63, 3.8) is 0 Å². The van der Waals surface area contributed by atoms with Gasteiger partial charge in [0.25, 0.3) is 0 Å². The van der Waals surface area contributed by atoms with E-state index in [1.807, 2.05) is 6.92 Å². The lowest BCUT2D eigenvalue weighted by atomic mass is 10.1. The Balaban J connectivity index is 2.53. The van der Waals surface area contributed by atoms with Crippen LogP contribution in [0.4, 0.5) is 0 Å². The molecule has 0 aliphatic carbocycles. The molecule has 0 aromatic rings. The van der Waals surface area contributed by atoms with Gasteiger partial charge in [0.05, 0.1) is 0 Å². The number of carbonyl (C=O) groups is 1. The van der Waals surface area contributed by atoms with E-state index in [1.54, 1.807) is 0 Å². The Bertz CT molecular complexity index is 192. The topological polar surface area (TPSA) is 26.3 Å². The number of unbranched alkanes of at least 4 members (excludes halogenated alkanes) is 1. The molecule has 0 N–H and O–H groups in total. The summed E-state index contributed by atoms with van der Waals surface area (Å²) < 4.78 is 4.86. The summed E-state index contributed by atoms with van der Waals surface area (Å²) >= 11 is 0. The third kappa shape index (κ3) is 1.82. The van der Waals surface area contributed by atoms with Crippen molar-refractivity contribution in [2.45, 2.75) is 33.1 Å². The van der Waals surface area contributed by atoms with E-state index in [0.717, 1.165) is 30.4 Å². The van der Waals surface area contributed by atoms with Gasteiger partial charge in [-0.05, 0) is 25.3 Å². The molecule has 0 fully saturated rings. The highest BCUT2D eigenvalue weighted by molar-refractivity contribution is 5.91. The highest BCUT2D eigenvalue weighted by Gasteiger charge is 2.20. The zero-order chi connectivity index (χ0) is 8.27. The maximum atomic E-state index is 11.0. The van der Waals surface area contributed by atoms with Crippen LogP contribution in [0.25, 0.3) is 0 Å². The second kappa shape index (κ2) is 3.56. The molecule has 0 bridgehead atoms. The van der Waals surface area contributed by atoms with Gasteiger partial charge in [0.1, 0.15) is 6.61 Å². The zero-order valence-electron chi connectivity index (χ0n) is 7.14. The minimum absolute atomic E-state index is 0.101. The molecule has 0 spiro atoms. The maximum absolute atomic E-state index is 11.0. The summed E-state index contributed by atoms with van der Waals surface area (Å²) in [6.45, 7) is 4.60. The largest absolute Gasteiger partial charge is 0.458 e. The molecule has 0 unspecified atom stereocenters. The van der Waals surface area contributed by atoms with Crippen molar-refractivity contribution in [1.82, 2.24) is 0 Å². The minimum Gasteiger partial charge on any atom is -0.458 e. The molecule has 0 aromatic heterocycles. The van der Waals surface area contributed by atoms with Crippen LogP contribution in [-0.2, 0) is 9.53 Å². The van der Waals surface area contributed by atoms with Crippen LogP contribution in [0, 0.1) is 0 Å². The van der Waals surface area contributed by atoms with Gasteiger partial charge >= 0.3 is 5.97 Å². The summed E-state index contributed by atoms with van der Waals surface area (Å²) in [5.41, 5.74) is 2.02. The van der Waals surface area contributed by atoms with E-state index >= 15 is 0 Å². The molecule has 11 heavy (non-hydrogen) atoms. The Hall–Kier alpha value is -0.790. The Kier molecular flexibility index (Phi) is 2.69. The first-order chi connectivity index (χ1) is 5.25. The SMILES string of the molecule is CCCCC1=C(C)COC1=O. The van der Waals surface area contributed by atoms with Crippen LogP contribution in [0.2, 0.25) is 0 Å². The number of carbonyl (C=O) groups excluding carboxylic acids is 1. The van der Waals surface area contributed by atoms with Gasteiger partial charge in [-0.15, -0.1) is 0 Å². The van der Waals surface area contributed by atoms with Crippen LogP contribution in [0.1, 0.15) is 33.1 Å². The van der Waals surface area contributed by atoms with Gasteiger partial charge in [0.15, 0.2) is 0 Å². The van der Waals surface area contributed by atoms with Gasteiger partial charge in [-0.2, -0.15) is 0 Å². The van der Waals surface area contributed by atoms with Gasteiger partial charge < -0.3 is 4.74 Å². The molecule has 1 aliphatic heterocycles. The normalized spacial score (nSPS) is 17.5. The van der Waals surface area contributed by atoms with E-state index in [9.17, 15) is 4.79 Å². The summed E-state index contributed by atoms with van der Waals surface area (Å²) in [4.78, 5) is 11.0. The Morgan fingerprint density at radius 1 is 1.55 bits per heavy atom. The van der Waals surface area contributed by atoms with Crippen molar-refractivity contribution in [3.8, 4) is 0 Å². The van der Waals surface area contributed by atoms with E-state index in [4.69, 9.17) is 4.74 Å². The van der Waals surface area contributed by atoms with E-state index in [2.05, 4.69) is 6.92 Å². The molecule has 0 saturated carbocycles. The second-order valence-corrected chi connectivity index (χ2v) is 2.94. The molecule has 1 rings (SSSR count).